The third-order valence-electron chi connectivity index (χ3n) is 4.14. The molecule has 0 spiro atoms. The van der Waals surface area contributed by atoms with Crippen molar-refractivity contribution >= 4 is 17.3 Å². The molecule has 1 aliphatic carbocycles. The topological polar surface area (TPSA) is 46.9 Å². The van der Waals surface area contributed by atoms with Crippen molar-refractivity contribution in [2.24, 2.45) is 11.8 Å². The Labute approximate surface area is 131 Å². The Kier molecular flexibility index (Phi) is 5.68. The third-order valence-corrected chi connectivity index (χ3v) is 4.51. The second-order valence-corrected chi connectivity index (χ2v) is 7.09. The van der Waals surface area contributed by atoms with Crippen molar-refractivity contribution < 1.29 is 0 Å². The van der Waals surface area contributed by atoms with Gasteiger partial charge in [0.1, 0.15) is 5.02 Å². The minimum absolute atomic E-state index is 0.197. The smallest absolute Gasteiger partial charge is 0.287 e. The molecule has 2 unspecified atom stereocenters. The van der Waals surface area contributed by atoms with E-state index in [0.717, 1.165) is 18.8 Å². The van der Waals surface area contributed by atoms with Gasteiger partial charge in [-0.15, -0.1) is 0 Å². The number of nitrogens with one attached hydrogen (secondary N) is 1. The molecule has 4 nitrogen and oxygen atoms in total. The van der Waals surface area contributed by atoms with E-state index in [0.29, 0.717) is 24.2 Å². The van der Waals surface area contributed by atoms with Gasteiger partial charge < -0.3 is 5.32 Å². The van der Waals surface area contributed by atoms with Crippen molar-refractivity contribution in [3.8, 4) is 0 Å². The van der Waals surface area contributed by atoms with Crippen molar-refractivity contribution in [1.82, 2.24) is 9.78 Å². The predicted molar refractivity (Wildman–Crippen MR) is 88.0 cm³/mol. The van der Waals surface area contributed by atoms with Crippen LogP contribution in [0.15, 0.2) is 11.0 Å². The maximum atomic E-state index is 12.2. The molecule has 1 saturated carbocycles. The monoisotopic (exact) mass is 311 g/mol. The first-order valence-corrected chi connectivity index (χ1v) is 8.37. The highest BCUT2D eigenvalue weighted by Gasteiger charge is 2.18. The summed E-state index contributed by atoms with van der Waals surface area (Å²) >= 11 is 6.23. The Balaban J connectivity index is 2.10. The molecule has 2 atom stereocenters. The molecule has 0 radical (unpaired) electrons. The molecule has 1 fully saturated rings. The summed E-state index contributed by atoms with van der Waals surface area (Å²) in [4.78, 5) is 12.2. The molecule has 0 aliphatic heterocycles. The van der Waals surface area contributed by atoms with Crippen LogP contribution in [-0.2, 0) is 6.54 Å². The average Bonchev–Trinajstić information content (AvgIpc) is 2.63. The number of halogens is 1. The fourth-order valence-corrected chi connectivity index (χ4v) is 3.09. The Hall–Kier alpha value is -1.03. The normalized spacial score (nSPS) is 23.1. The second-order valence-electron chi connectivity index (χ2n) is 6.71. The van der Waals surface area contributed by atoms with Crippen LogP contribution in [0.2, 0.25) is 5.02 Å². The highest BCUT2D eigenvalue weighted by molar-refractivity contribution is 6.32. The number of rotatable bonds is 4. The SMILES string of the molecule is CC(C)Cn1ncc(NC2CCCC(C)CC2)c(Cl)c1=O. The number of nitrogens with zero attached hydrogens (tertiary/aromatic N) is 2. The number of hydrogen-bond acceptors (Lipinski definition) is 3. The van der Waals surface area contributed by atoms with E-state index in [1.807, 2.05) is 0 Å². The molecule has 1 aromatic rings. The van der Waals surface area contributed by atoms with Crippen molar-refractivity contribution in [3.63, 3.8) is 0 Å². The zero-order chi connectivity index (χ0) is 15.4. The summed E-state index contributed by atoms with van der Waals surface area (Å²) < 4.78 is 1.45. The zero-order valence-corrected chi connectivity index (χ0v) is 14.0. The minimum atomic E-state index is -0.197. The molecular formula is C16H26ClN3O. The van der Waals surface area contributed by atoms with E-state index >= 15 is 0 Å². The van der Waals surface area contributed by atoms with Crippen molar-refractivity contribution in [3.05, 3.63) is 21.6 Å². The Morgan fingerprint density at radius 3 is 2.86 bits per heavy atom. The van der Waals surface area contributed by atoms with Gasteiger partial charge in [0.2, 0.25) is 0 Å². The van der Waals surface area contributed by atoms with Crippen LogP contribution in [-0.4, -0.2) is 15.8 Å². The summed E-state index contributed by atoms with van der Waals surface area (Å²) in [7, 11) is 0. The van der Waals surface area contributed by atoms with E-state index in [9.17, 15) is 4.79 Å². The summed E-state index contributed by atoms with van der Waals surface area (Å²) in [5.74, 6) is 1.16. The van der Waals surface area contributed by atoms with E-state index in [-0.39, 0.29) is 10.6 Å². The molecule has 0 aromatic carbocycles. The lowest BCUT2D eigenvalue weighted by Crippen LogP contribution is -2.28. The van der Waals surface area contributed by atoms with Crippen LogP contribution >= 0.6 is 11.6 Å². The standard InChI is InChI=1S/C16H26ClN3O/c1-11(2)10-20-16(21)15(17)14(9-18-20)19-13-6-4-5-12(3)7-8-13/h9,11-13,19H,4-8,10H2,1-3H3. The molecule has 5 heteroatoms. The van der Waals surface area contributed by atoms with Gasteiger partial charge in [-0.1, -0.05) is 45.2 Å². The molecule has 1 N–H and O–H groups in total. The first-order valence-electron chi connectivity index (χ1n) is 7.99. The van der Waals surface area contributed by atoms with E-state index in [2.05, 4.69) is 31.2 Å². The lowest BCUT2D eigenvalue weighted by atomic mass is 10.0. The fourth-order valence-electron chi connectivity index (χ4n) is 2.89. The molecule has 0 amide bonds. The van der Waals surface area contributed by atoms with Gasteiger partial charge >= 0.3 is 0 Å². The van der Waals surface area contributed by atoms with Crippen LogP contribution in [0, 0.1) is 11.8 Å². The quantitative estimate of drug-likeness (QED) is 0.857. The largest absolute Gasteiger partial charge is 0.380 e. The van der Waals surface area contributed by atoms with Gasteiger partial charge in [-0.25, -0.2) is 4.68 Å². The second kappa shape index (κ2) is 7.30. The Bertz CT molecular complexity index is 527. The number of anilines is 1. The maximum absolute atomic E-state index is 12.2. The van der Waals surface area contributed by atoms with Gasteiger partial charge in [-0.2, -0.15) is 5.10 Å². The van der Waals surface area contributed by atoms with Crippen LogP contribution in [0.4, 0.5) is 5.69 Å². The van der Waals surface area contributed by atoms with E-state index in [4.69, 9.17) is 11.6 Å². The van der Waals surface area contributed by atoms with Crippen molar-refractivity contribution in [2.75, 3.05) is 5.32 Å². The van der Waals surface area contributed by atoms with Gasteiger partial charge in [0.15, 0.2) is 0 Å². The van der Waals surface area contributed by atoms with Gasteiger partial charge in [-0.05, 0) is 31.1 Å². The highest BCUT2D eigenvalue weighted by Crippen LogP contribution is 2.26. The summed E-state index contributed by atoms with van der Waals surface area (Å²) in [6.45, 7) is 7.02. The van der Waals surface area contributed by atoms with Gasteiger partial charge in [-0.3, -0.25) is 4.79 Å². The molecule has 21 heavy (non-hydrogen) atoms. The molecule has 118 valence electrons. The first kappa shape index (κ1) is 16.3. The average molecular weight is 312 g/mol. The minimum Gasteiger partial charge on any atom is -0.380 e. The number of aromatic nitrogens is 2. The van der Waals surface area contributed by atoms with Crippen molar-refractivity contribution in [1.29, 1.82) is 0 Å². The van der Waals surface area contributed by atoms with Crippen LogP contribution in [0.25, 0.3) is 0 Å². The molecule has 1 aromatic heterocycles. The van der Waals surface area contributed by atoms with Gasteiger partial charge in [0.05, 0.1) is 11.9 Å². The van der Waals surface area contributed by atoms with Crippen LogP contribution < -0.4 is 10.9 Å². The van der Waals surface area contributed by atoms with Crippen LogP contribution in [0.5, 0.6) is 0 Å². The van der Waals surface area contributed by atoms with E-state index < -0.39 is 0 Å². The Morgan fingerprint density at radius 1 is 1.38 bits per heavy atom. The molecule has 1 heterocycles. The molecular weight excluding hydrogens is 286 g/mol. The zero-order valence-electron chi connectivity index (χ0n) is 13.2. The predicted octanol–water partition coefficient (Wildman–Crippen LogP) is 3.93. The summed E-state index contributed by atoms with van der Waals surface area (Å²) in [6.07, 6.45) is 7.71. The van der Waals surface area contributed by atoms with Crippen molar-refractivity contribution in [2.45, 2.75) is 65.5 Å². The fraction of sp³-hybridized carbons (Fsp3) is 0.750. The van der Waals surface area contributed by atoms with E-state index in [1.165, 1.54) is 23.9 Å². The Morgan fingerprint density at radius 2 is 2.14 bits per heavy atom. The van der Waals surface area contributed by atoms with Crippen LogP contribution in [0.1, 0.15) is 52.9 Å². The summed E-state index contributed by atoms with van der Waals surface area (Å²) in [5, 5.41) is 7.93. The molecule has 1 aliphatic rings. The molecule has 0 bridgehead atoms. The lowest BCUT2D eigenvalue weighted by Gasteiger charge is -2.19. The van der Waals surface area contributed by atoms with E-state index in [1.54, 1.807) is 6.20 Å². The molecule has 0 saturated heterocycles. The lowest BCUT2D eigenvalue weighted by molar-refractivity contribution is 0.463. The van der Waals surface area contributed by atoms with Crippen LogP contribution in [0.3, 0.4) is 0 Å². The van der Waals surface area contributed by atoms with Gasteiger partial charge in [0.25, 0.3) is 5.56 Å². The van der Waals surface area contributed by atoms with Gasteiger partial charge in [0, 0.05) is 12.6 Å². The summed E-state index contributed by atoms with van der Waals surface area (Å²) in [5.41, 5.74) is 0.485. The first-order chi connectivity index (χ1) is 9.97. The molecule has 2 rings (SSSR count). The maximum Gasteiger partial charge on any atom is 0.287 e. The third kappa shape index (κ3) is 4.47. The number of hydrogen-bond donors (Lipinski definition) is 1. The highest BCUT2D eigenvalue weighted by atomic mass is 35.5. The summed E-state index contributed by atoms with van der Waals surface area (Å²) in [6, 6.07) is 0.398.